The van der Waals surface area contributed by atoms with Crippen LogP contribution in [0.1, 0.15) is 19.5 Å². The Hall–Kier alpha value is -1.16. The second-order valence-corrected chi connectivity index (χ2v) is 3.83. The third-order valence-corrected chi connectivity index (χ3v) is 2.18. The van der Waals surface area contributed by atoms with Gasteiger partial charge < -0.3 is 11.1 Å². The number of nitrogens with zero attached hydrogens (tertiary/aromatic N) is 2. The molecule has 78 valence electrons. The molecule has 0 spiro atoms. The van der Waals surface area contributed by atoms with Gasteiger partial charge in [-0.1, -0.05) is 13.8 Å². The zero-order valence-electron chi connectivity index (χ0n) is 8.99. The van der Waals surface area contributed by atoms with Gasteiger partial charge in [0.05, 0.1) is 0 Å². The first-order valence-electron chi connectivity index (χ1n) is 4.87. The highest BCUT2D eigenvalue weighted by molar-refractivity contribution is 5.34. The Balaban J connectivity index is 2.45. The fraction of sp³-hybridized carbons (Fsp3) is 0.600. The van der Waals surface area contributed by atoms with E-state index in [0.29, 0.717) is 5.92 Å². The Morgan fingerprint density at radius 1 is 1.43 bits per heavy atom. The van der Waals surface area contributed by atoms with Gasteiger partial charge in [0.25, 0.3) is 0 Å². The average molecular weight is 194 g/mol. The summed E-state index contributed by atoms with van der Waals surface area (Å²) >= 11 is 0. The zero-order valence-corrected chi connectivity index (χ0v) is 8.99. The van der Waals surface area contributed by atoms with Crippen molar-refractivity contribution >= 4 is 5.82 Å². The van der Waals surface area contributed by atoms with E-state index >= 15 is 0 Å². The maximum absolute atomic E-state index is 5.90. The van der Waals surface area contributed by atoms with E-state index in [1.807, 2.05) is 13.0 Å². The van der Waals surface area contributed by atoms with Crippen molar-refractivity contribution in [3.05, 3.63) is 18.1 Å². The molecule has 0 amide bonds. The normalized spacial score (nSPS) is 12.9. The van der Waals surface area contributed by atoms with E-state index in [0.717, 1.165) is 18.1 Å². The number of aryl methyl sites for hydroxylation is 1. The lowest BCUT2D eigenvalue weighted by Crippen LogP contribution is -2.34. The van der Waals surface area contributed by atoms with Crippen molar-refractivity contribution in [2.75, 3.05) is 11.9 Å². The minimum absolute atomic E-state index is 0.158. The van der Waals surface area contributed by atoms with E-state index in [1.54, 1.807) is 6.33 Å². The van der Waals surface area contributed by atoms with Crippen LogP contribution in [0.15, 0.2) is 12.4 Å². The Morgan fingerprint density at radius 2 is 2.14 bits per heavy atom. The van der Waals surface area contributed by atoms with Crippen LogP contribution in [0.2, 0.25) is 0 Å². The van der Waals surface area contributed by atoms with Gasteiger partial charge in [-0.05, 0) is 12.8 Å². The monoisotopic (exact) mass is 194 g/mol. The number of hydrogen-bond acceptors (Lipinski definition) is 4. The number of hydrogen-bond donors (Lipinski definition) is 2. The van der Waals surface area contributed by atoms with E-state index in [-0.39, 0.29) is 6.04 Å². The second-order valence-electron chi connectivity index (χ2n) is 3.83. The van der Waals surface area contributed by atoms with E-state index in [4.69, 9.17) is 5.73 Å². The van der Waals surface area contributed by atoms with E-state index < -0.39 is 0 Å². The standard InChI is InChI=1S/C10H18N4/c1-7(2)9(11)5-12-10-4-8(3)13-6-14-10/h4,6-7,9H,5,11H2,1-3H3,(H,12,13,14). The number of rotatable bonds is 4. The highest BCUT2D eigenvalue weighted by atomic mass is 15.0. The van der Waals surface area contributed by atoms with Crippen LogP contribution in [-0.2, 0) is 0 Å². The summed E-state index contributed by atoms with van der Waals surface area (Å²) in [6.45, 7) is 6.90. The Morgan fingerprint density at radius 3 is 2.71 bits per heavy atom. The lowest BCUT2D eigenvalue weighted by atomic mass is 10.1. The van der Waals surface area contributed by atoms with Crippen LogP contribution in [0.4, 0.5) is 5.82 Å². The predicted molar refractivity (Wildman–Crippen MR) is 58.1 cm³/mol. The lowest BCUT2D eigenvalue weighted by Gasteiger charge is -2.16. The molecule has 0 saturated carbocycles. The van der Waals surface area contributed by atoms with Crippen molar-refractivity contribution in [3.63, 3.8) is 0 Å². The molecule has 1 unspecified atom stereocenters. The van der Waals surface area contributed by atoms with Crippen molar-refractivity contribution < 1.29 is 0 Å². The number of nitrogens with two attached hydrogens (primary N) is 1. The van der Waals surface area contributed by atoms with Gasteiger partial charge in [0.2, 0.25) is 0 Å². The molecule has 0 aliphatic carbocycles. The van der Waals surface area contributed by atoms with Crippen molar-refractivity contribution in [2.45, 2.75) is 26.8 Å². The molecule has 1 rings (SSSR count). The van der Waals surface area contributed by atoms with Gasteiger partial charge >= 0.3 is 0 Å². The third kappa shape index (κ3) is 3.30. The molecule has 3 N–H and O–H groups in total. The third-order valence-electron chi connectivity index (χ3n) is 2.18. The molecule has 0 bridgehead atoms. The summed E-state index contributed by atoms with van der Waals surface area (Å²) < 4.78 is 0. The van der Waals surface area contributed by atoms with Gasteiger partial charge in [0.15, 0.2) is 0 Å². The molecule has 4 nitrogen and oxygen atoms in total. The maximum atomic E-state index is 5.90. The molecule has 0 fully saturated rings. The SMILES string of the molecule is Cc1cc(NCC(N)C(C)C)ncn1. The van der Waals surface area contributed by atoms with Crippen LogP contribution in [0.5, 0.6) is 0 Å². The van der Waals surface area contributed by atoms with Crippen LogP contribution in [0, 0.1) is 12.8 Å². The molecule has 0 saturated heterocycles. The maximum Gasteiger partial charge on any atom is 0.129 e. The quantitative estimate of drug-likeness (QED) is 0.755. The van der Waals surface area contributed by atoms with Crippen LogP contribution < -0.4 is 11.1 Å². The predicted octanol–water partition coefficient (Wildman–Crippen LogP) is 1.18. The largest absolute Gasteiger partial charge is 0.368 e. The van der Waals surface area contributed by atoms with Crippen LogP contribution in [-0.4, -0.2) is 22.6 Å². The molecule has 4 heteroatoms. The fourth-order valence-corrected chi connectivity index (χ4v) is 1.01. The van der Waals surface area contributed by atoms with Crippen molar-refractivity contribution in [2.24, 2.45) is 11.7 Å². The summed E-state index contributed by atoms with van der Waals surface area (Å²) in [5, 5.41) is 3.19. The van der Waals surface area contributed by atoms with Gasteiger partial charge in [-0.25, -0.2) is 9.97 Å². The van der Waals surface area contributed by atoms with Crippen LogP contribution in [0.25, 0.3) is 0 Å². The van der Waals surface area contributed by atoms with Gasteiger partial charge in [0, 0.05) is 24.3 Å². The van der Waals surface area contributed by atoms with Crippen molar-refractivity contribution in [1.82, 2.24) is 9.97 Å². The highest BCUT2D eigenvalue weighted by Crippen LogP contribution is 2.04. The average Bonchev–Trinajstić information content (AvgIpc) is 2.14. The van der Waals surface area contributed by atoms with E-state index in [9.17, 15) is 0 Å². The van der Waals surface area contributed by atoms with Crippen LogP contribution in [0.3, 0.4) is 0 Å². The van der Waals surface area contributed by atoms with Gasteiger partial charge in [-0.2, -0.15) is 0 Å². The van der Waals surface area contributed by atoms with Gasteiger partial charge in [-0.3, -0.25) is 0 Å². The molecule has 1 atom stereocenters. The Kier molecular flexibility index (Phi) is 3.83. The van der Waals surface area contributed by atoms with E-state index in [2.05, 4.69) is 29.1 Å². The Labute approximate surface area is 85.0 Å². The number of aromatic nitrogens is 2. The molecule has 0 aromatic carbocycles. The topological polar surface area (TPSA) is 63.8 Å². The first kappa shape index (κ1) is 10.9. The zero-order chi connectivity index (χ0) is 10.6. The molecule has 0 aliphatic heterocycles. The summed E-state index contributed by atoms with van der Waals surface area (Å²) in [6, 6.07) is 2.07. The summed E-state index contributed by atoms with van der Waals surface area (Å²) in [7, 11) is 0. The first-order valence-corrected chi connectivity index (χ1v) is 4.87. The highest BCUT2D eigenvalue weighted by Gasteiger charge is 2.06. The molecular weight excluding hydrogens is 176 g/mol. The Bertz CT molecular complexity index is 285. The van der Waals surface area contributed by atoms with Crippen LogP contribution >= 0.6 is 0 Å². The van der Waals surface area contributed by atoms with Crippen molar-refractivity contribution in [1.29, 1.82) is 0 Å². The summed E-state index contributed by atoms with van der Waals surface area (Å²) in [6.07, 6.45) is 1.55. The fourth-order valence-electron chi connectivity index (χ4n) is 1.01. The van der Waals surface area contributed by atoms with Crippen molar-refractivity contribution in [3.8, 4) is 0 Å². The summed E-state index contributed by atoms with van der Waals surface area (Å²) in [5.74, 6) is 1.32. The molecule has 0 aliphatic rings. The van der Waals surface area contributed by atoms with Gasteiger partial charge in [-0.15, -0.1) is 0 Å². The second kappa shape index (κ2) is 4.91. The minimum atomic E-state index is 0.158. The molecule has 1 aromatic heterocycles. The minimum Gasteiger partial charge on any atom is -0.368 e. The lowest BCUT2D eigenvalue weighted by molar-refractivity contribution is 0.511. The number of nitrogens with one attached hydrogen (secondary N) is 1. The molecule has 0 radical (unpaired) electrons. The van der Waals surface area contributed by atoms with E-state index in [1.165, 1.54) is 0 Å². The molecule has 1 heterocycles. The molecular formula is C10H18N4. The van der Waals surface area contributed by atoms with Gasteiger partial charge in [0.1, 0.15) is 12.1 Å². The smallest absolute Gasteiger partial charge is 0.129 e. The molecule has 1 aromatic rings. The number of anilines is 1. The first-order chi connectivity index (χ1) is 6.59. The molecule has 14 heavy (non-hydrogen) atoms. The summed E-state index contributed by atoms with van der Waals surface area (Å²) in [4.78, 5) is 8.11. The summed E-state index contributed by atoms with van der Waals surface area (Å²) in [5.41, 5.74) is 6.86.